The fraction of sp³-hybridized carbons (Fsp3) is 0.467. The van der Waals surface area contributed by atoms with E-state index in [0.29, 0.717) is 32.5 Å². The van der Waals surface area contributed by atoms with Crippen molar-refractivity contribution in [3.8, 4) is 0 Å². The maximum Gasteiger partial charge on any atom is 0.227 e. The Kier molecular flexibility index (Phi) is 4.20. The van der Waals surface area contributed by atoms with Crippen molar-refractivity contribution < 1.29 is 9.59 Å². The van der Waals surface area contributed by atoms with Crippen LogP contribution in [0.4, 0.5) is 0 Å². The number of carbonyl (C=O) groups is 2. The largest absolute Gasteiger partial charge is 0.354 e. The second-order valence-corrected chi connectivity index (χ2v) is 5.08. The fourth-order valence-corrected chi connectivity index (χ4v) is 2.22. The highest BCUT2D eigenvalue weighted by Gasteiger charge is 2.18. The number of carbonyl (C=O) groups excluding carboxylic acids is 2. The number of nitrogens with one attached hydrogen (secondary N) is 1. The Labute approximate surface area is 113 Å². The quantitative estimate of drug-likeness (QED) is 0.868. The van der Waals surface area contributed by atoms with Crippen LogP contribution in [0.1, 0.15) is 23.1 Å². The van der Waals surface area contributed by atoms with Crippen LogP contribution >= 0.6 is 0 Å². The molecule has 1 aromatic carbocycles. The summed E-state index contributed by atoms with van der Waals surface area (Å²) < 4.78 is 0. The van der Waals surface area contributed by atoms with Crippen LogP contribution in [0.3, 0.4) is 0 Å². The molecule has 1 heterocycles. The summed E-state index contributed by atoms with van der Waals surface area (Å²) in [5.41, 5.74) is 3.48. The van der Waals surface area contributed by atoms with E-state index in [1.807, 2.05) is 12.1 Å². The molecule has 2 rings (SSSR count). The molecule has 0 saturated carbocycles. The van der Waals surface area contributed by atoms with Crippen LogP contribution in [0.25, 0.3) is 0 Å². The first kappa shape index (κ1) is 13.6. The van der Waals surface area contributed by atoms with E-state index in [1.54, 1.807) is 4.90 Å². The number of amides is 2. The summed E-state index contributed by atoms with van der Waals surface area (Å²) in [5.74, 6) is 0.126. The minimum Gasteiger partial charge on any atom is -0.354 e. The molecule has 0 aliphatic carbocycles. The summed E-state index contributed by atoms with van der Waals surface area (Å²) in [5, 5.41) is 2.78. The monoisotopic (exact) mass is 260 g/mol. The zero-order chi connectivity index (χ0) is 13.8. The van der Waals surface area contributed by atoms with E-state index >= 15 is 0 Å². The molecule has 0 unspecified atom stereocenters. The first-order valence-corrected chi connectivity index (χ1v) is 6.67. The van der Waals surface area contributed by atoms with Gasteiger partial charge in [0, 0.05) is 26.1 Å². The van der Waals surface area contributed by atoms with Crippen LogP contribution in [-0.2, 0) is 16.0 Å². The van der Waals surface area contributed by atoms with Crippen LogP contribution in [0.2, 0.25) is 0 Å². The molecule has 2 amide bonds. The zero-order valence-electron chi connectivity index (χ0n) is 11.5. The number of rotatable bonds is 2. The van der Waals surface area contributed by atoms with Gasteiger partial charge < -0.3 is 10.2 Å². The van der Waals surface area contributed by atoms with Gasteiger partial charge in [0.1, 0.15) is 0 Å². The summed E-state index contributed by atoms with van der Waals surface area (Å²) in [6.07, 6.45) is 0.813. The summed E-state index contributed by atoms with van der Waals surface area (Å²) >= 11 is 0. The molecule has 1 aromatic rings. The van der Waals surface area contributed by atoms with Gasteiger partial charge in [-0.15, -0.1) is 0 Å². The molecule has 1 saturated heterocycles. The number of hydrogen-bond donors (Lipinski definition) is 1. The lowest BCUT2D eigenvalue weighted by Gasteiger charge is -2.19. The molecule has 1 aliphatic heterocycles. The van der Waals surface area contributed by atoms with E-state index in [2.05, 4.69) is 25.2 Å². The van der Waals surface area contributed by atoms with Crippen LogP contribution in [0.5, 0.6) is 0 Å². The summed E-state index contributed by atoms with van der Waals surface area (Å²) in [7, 11) is 0. The lowest BCUT2D eigenvalue weighted by Crippen LogP contribution is -2.35. The van der Waals surface area contributed by atoms with Gasteiger partial charge in [0.15, 0.2) is 0 Å². The number of hydrogen-bond acceptors (Lipinski definition) is 2. The molecule has 4 nitrogen and oxygen atoms in total. The number of nitrogens with zero attached hydrogens (tertiary/aromatic N) is 1. The molecule has 0 atom stereocenters. The third-order valence-electron chi connectivity index (χ3n) is 3.59. The van der Waals surface area contributed by atoms with Crippen molar-refractivity contribution in [2.75, 3.05) is 19.6 Å². The van der Waals surface area contributed by atoms with Gasteiger partial charge in [-0.2, -0.15) is 0 Å². The van der Waals surface area contributed by atoms with Gasteiger partial charge in [0.05, 0.1) is 6.42 Å². The van der Waals surface area contributed by atoms with E-state index in [0.717, 1.165) is 5.56 Å². The number of benzene rings is 1. The van der Waals surface area contributed by atoms with Crippen molar-refractivity contribution in [1.29, 1.82) is 0 Å². The van der Waals surface area contributed by atoms with Crippen molar-refractivity contribution >= 4 is 11.8 Å². The molecule has 19 heavy (non-hydrogen) atoms. The van der Waals surface area contributed by atoms with E-state index in [1.165, 1.54) is 11.1 Å². The molecule has 1 N–H and O–H groups in total. The normalized spacial score (nSPS) is 15.9. The Balaban J connectivity index is 1.99. The topological polar surface area (TPSA) is 49.4 Å². The van der Waals surface area contributed by atoms with E-state index in [4.69, 9.17) is 0 Å². The molecular weight excluding hydrogens is 240 g/mol. The standard InChI is InChI=1S/C15H20N2O2/c1-11-3-4-13(9-12(11)2)10-15(19)17-7-5-14(18)16-6-8-17/h3-4,9H,5-8,10H2,1-2H3,(H,16,18). The predicted molar refractivity (Wildman–Crippen MR) is 73.8 cm³/mol. The summed E-state index contributed by atoms with van der Waals surface area (Å²) in [6, 6.07) is 6.11. The van der Waals surface area contributed by atoms with Crippen LogP contribution in [-0.4, -0.2) is 36.3 Å². The lowest BCUT2D eigenvalue weighted by atomic mass is 10.0. The molecule has 102 valence electrons. The smallest absolute Gasteiger partial charge is 0.227 e. The van der Waals surface area contributed by atoms with Crippen LogP contribution in [0.15, 0.2) is 18.2 Å². The Morgan fingerprint density at radius 3 is 2.79 bits per heavy atom. The molecular formula is C15H20N2O2. The van der Waals surface area contributed by atoms with Crippen molar-refractivity contribution in [3.05, 3.63) is 34.9 Å². The predicted octanol–water partition coefficient (Wildman–Crippen LogP) is 1.19. The van der Waals surface area contributed by atoms with Crippen molar-refractivity contribution in [3.63, 3.8) is 0 Å². The van der Waals surface area contributed by atoms with Crippen molar-refractivity contribution in [1.82, 2.24) is 10.2 Å². The van der Waals surface area contributed by atoms with Crippen molar-refractivity contribution in [2.45, 2.75) is 26.7 Å². The van der Waals surface area contributed by atoms with Gasteiger partial charge in [-0.3, -0.25) is 9.59 Å². The maximum absolute atomic E-state index is 12.2. The molecule has 4 heteroatoms. The average Bonchev–Trinajstić information content (AvgIpc) is 2.59. The third kappa shape index (κ3) is 3.56. The fourth-order valence-electron chi connectivity index (χ4n) is 2.22. The average molecular weight is 260 g/mol. The molecule has 0 spiro atoms. The summed E-state index contributed by atoms with van der Waals surface area (Å²) in [6.45, 7) is 5.80. The lowest BCUT2D eigenvalue weighted by molar-refractivity contribution is -0.130. The van der Waals surface area contributed by atoms with Gasteiger partial charge in [-0.1, -0.05) is 18.2 Å². The van der Waals surface area contributed by atoms with Crippen molar-refractivity contribution in [2.24, 2.45) is 0 Å². The van der Waals surface area contributed by atoms with Crippen LogP contribution in [0, 0.1) is 13.8 Å². The SMILES string of the molecule is Cc1ccc(CC(=O)N2CCNC(=O)CC2)cc1C. The highest BCUT2D eigenvalue weighted by molar-refractivity contribution is 5.81. The second-order valence-electron chi connectivity index (χ2n) is 5.08. The first-order chi connectivity index (χ1) is 9.06. The van der Waals surface area contributed by atoms with Gasteiger partial charge in [-0.05, 0) is 30.5 Å². The molecule has 1 aliphatic rings. The van der Waals surface area contributed by atoms with E-state index in [9.17, 15) is 9.59 Å². The van der Waals surface area contributed by atoms with Gasteiger partial charge in [0.2, 0.25) is 11.8 Å². The zero-order valence-corrected chi connectivity index (χ0v) is 11.5. The Morgan fingerprint density at radius 1 is 1.26 bits per heavy atom. The highest BCUT2D eigenvalue weighted by Crippen LogP contribution is 2.11. The minimum atomic E-state index is 0.0291. The van der Waals surface area contributed by atoms with E-state index < -0.39 is 0 Å². The Hall–Kier alpha value is -1.84. The summed E-state index contributed by atoms with van der Waals surface area (Å²) in [4.78, 5) is 25.2. The van der Waals surface area contributed by atoms with Gasteiger partial charge in [0.25, 0.3) is 0 Å². The molecule has 0 bridgehead atoms. The first-order valence-electron chi connectivity index (χ1n) is 6.67. The Bertz CT molecular complexity index is 497. The molecule has 0 aromatic heterocycles. The van der Waals surface area contributed by atoms with Gasteiger partial charge in [-0.25, -0.2) is 0 Å². The third-order valence-corrected chi connectivity index (χ3v) is 3.59. The van der Waals surface area contributed by atoms with Crippen LogP contribution < -0.4 is 5.32 Å². The van der Waals surface area contributed by atoms with E-state index in [-0.39, 0.29) is 11.8 Å². The highest BCUT2D eigenvalue weighted by atomic mass is 16.2. The maximum atomic E-state index is 12.2. The Morgan fingerprint density at radius 2 is 2.05 bits per heavy atom. The molecule has 1 fully saturated rings. The second kappa shape index (κ2) is 5.87. The molecule has 0 radical (unpaired) electrons. The number of aryl methyl sites for hydroxylation is 2. The minimum absolute atomic E-state index is 0.0291. The van der Waals surface area contributed by atoms with Gasteiger partial charge >= 0.3 is 0 Å².